The van der Waals surface area contributed by atoms with Crippen molar-refractivity contribution in [1.29, 1.82) is 0 Å². The second kappa shape index (κ2) is 9.20. The van der Waals surface area contributed by atoms with Gasteiger partial charge in [-0.25, -0.2) is 0 Å². The van der Waals surface area contributed by atoms with Gasteiger partial charge in [-0.1, -0.05) is 6.92 Å². The van der Waals surface area contributed by atoms with Gasteiger partial charge in [0.15, 0.2) is 0 Å². The van der Waals surface area contributed by atoms with E-state index < -0.39 is 0 Å². The molecule has 3 rings (SSSR count). The summed E-state index contributed by atoms with van der Waals surface area (Å²) in [4.78, 5) is 14.9. The smallest absolute Gasteiger partial charge is 0.251 e. The summed E-state index contributed by atoms with van der Waals surface area (Å²) in [6, 6.07) is 7.70. The number of rotatable bonds is 7. The van der Waals surface area contributed by atoms with Crippen LogP contribution in [0.4, 0.5) is 0 Å². The van der Waals surface area contributed by atoms with E-state index in [2.05, 4.69) is 17.1 Å². The van der Waals surface area contributed by atoms with Crippen molar-refractivity contribution in [3.63, 3.8) is 0 Å². The van der Waals surface area contributed by atoms with Gasteiger partial charge in [-0.15, -0.1) is 0 Å². The summed E-state index contributed by atoms with van der Waals surface area (Å²) in [5, 5.41) is 3.17. The van der Waals surface area contributed by atoms with Crippen LogP contribution in [0.3, 0.4) is 0 Å². The molecule has 1 N–H and O–H groups in total. The highest BCUT2D eigenvalue weighted by atomic mass is 16.5. The minimum Gasteiger partial charge on any atom is -0.491 e. The number of likely N-dealkylation sites (tertiary alicyclic amines) is 1. The zero-order chi connectivity index (χ0) is 17.5. The van der Waals surface area contributed by atoms with E-state index in [1.807, 2.05) is 24.3 Å². The Morgan fingerprint density at radius 2 is 2.00 bits per heavy atom. The molecule has 1 unspecified atom stereocenters. The molecule has 138 valence electrons. The molecule has 2 aliphatic heterocycles. The Hall–Kier alpha value is -1.59. The van der Waals surface area contributed by atoms with Crippen molar-refractivity contribution < 1.29 is 14.3 Å². The summed E-state index contributed by atoms with van der Waals surface area (Å²) in [5.41, 5.74) is 0.695. The van der Waals surface area contributed by atoms with E-state index in [9.17, 15) is 4.79 Å². The van der Waals surface area contributed by atoms with Crippen LogP contribution in [0.2, 0.25) is 0 Å². The second-order valence-electron chi connectivity index (χ2n) is 7.06. The highest BCUT2D eigenvalue weighted by Crippen LogP contribution is 2.17. The zero-order valence-corrected chi connectivity index (χ0v) is 15.2. The molecule has 5 heteroatoms. The average Bonchev–Trinajstić information content (AvgIpc) is 3.16. The molecule has 5 nitrogen and oxygen atoms in total. The van der Waals surface area contributed by atoms with Crippen LogP contribution >= 0.6 is 0 Å². The van der Waals surface area contributed by atoms with Crippen LogP contribution in [0.25, 0.3) is 0 Å². The standard InChI is InChI=1S/C20H30N2O3/c1-2-11-22-12-9-17(10-13-22)21-20(23)16-5-7-18(8-6-16)25-15-19-4-3-14-24-19/h5-8,17,19H,2-4,9-15H2,1H3,(H,21,23). The number of hydrogen-bond donors (Lipinski definition) is 1. The van der Waals surface area contributed by atoms with Crippen LogP contribution in [-0.2, 0) is 4.74 Å². The largest absolute Gasteiger partial charge is 0.491 e. The molecule has 2 heterocycles. The predicted octanol–water partition coefficient (Wildman–Crippen LogP) is 2.85. The molecule has 2 aliphatic rings. The molecular weight excluding hydrogens is 316 g/mol. The summed E-state index contributed by atoms with van der Waals surface area (Å²) in [6.45, 7) is 6.95. The zero-order valence-electron chi connectivity index (χ0n) is 15.2. The van der Waals surface area contributed by atoms with Gasteiger partial charge in [0, 0.05) is 31.3 Å². The maximum atomic E-state index is 12.4. The third-order valence-electron chi connectivity index (χ3n) is 5.04. The lowest BCUT2D eigenvalue weighted by Crippen LogP contribution is -2.44. The van der Waals surface area contributed by atoms with Crippen molar-refractivity contribution >= 4 is 5.91 Å². The summed E-state index contributed by atoms with van der Waals surface area (Å²) in [7, 11) is 0. The van der Waals surface area contributed by atoms with Gasteiger partial charge in [0.25, 0.3) is 5.91 Å². The summed E-state index contributed by atoms with van der Waals surface area (Å²) in [6.07, 6.45) is 5.66. The monoisotopic (exact) mass is 346 g/mol. The van der Waals surface area contributed by atoms with Crippen LogP contribution in [0.5, 0.6) is 5.75 Å². The van der Waals surface area contributed by atoms with Crippen molar-refractivity contribution in [3.8, 4) is 5.75 Å². The molecule has 25 heavy (non-hydrogen) atoms. The Morgan fingerprint density at radius 1 is 1.24 bits per heavy atom. The van der Waals surface area contributed by atoms with Gasteiger partial charge in [-0.3, -0.25) is 4.79 Å². The van der Waals surface area contributed by atoms with Crippen molar-refractivity contribution in [2.45, 2.75) is 51.2 Å². The molecule has 1 aromatic carbocycles. The van der Waals surface area contributed by atoms with Gasteiger partial charge >= 0.3 is 0 Å². The number of nitrogens with one attached hydrogen (secondary N) is 1. The topological polar surface area (TPSA) is 50.8 Å². The molecule has 0 aliphatic carbocycles. The highest BCUT2D eigenvalue weighted by molar-refractivity contribution is 5.94. The van der Waals surface area contributed by atoms with Gasteiger partial charge in [0.05, 0.1) is 6.10 Å². The van der Waals surface area contributed by atoms with E-state index in [0.29, 0.717) is 12.2 Å². The quantitative estimate of drug-likeness (QED) is 0.825. The Balaban J connectivity index is 1.43. The average molecular weight is 346 g/mol. The fraction of sp³-hybridized carbons (Fsp3) is 0.650. The molecule has 0 bridgehead atoms. The second-order valence-corrected chi connectivity index (χ2v) is 7.06. The van der Waals surface area contributed by atoms with Gasteiger partial charge in [0.1, 0.15) is 12.4 Å². The lowest BCUT2D eigenvalue weighted by Gasteiger charge is -2.32. The molecule has 0 aromatic heterocycles. The van der Waals surface area contributed by atoms with Gasteiger partial charge in [0.2, 0.25) is 0 Å². The van der Waals surface area contributed by atoms with Gasteiger partial charge < -0.3 is 19.7 Å². The molecule has 0 radical (unpaired) electrons. The van der Waals surface area contributed by atoms with Crippen molar-refractivity contribution in [3.05, 3.63) is 29.8 Å². The van der Waals surface area contributed by atoms with Crippen molar-refractivity contribution in [2.24, 2.45) is 0 Å². The van der Waals surface area contributed by atoms with Crippen LogP contribution in [0, 0.1) is 0 Å². The Kier molecular flexibility index (Phi) is 6.70. The molecule has 1 aromatic rings. The first kappa shape index (κ1) is 18.2. The van der Waals surface area contributed by atoms with Crippen LogP contribution < -0.4 is 10.1 Å². The Labute approximate surface area is 150 Å². The van der Waals surface area contributed by atoms with E-state index in [0.717, 1.165) is 57.7 Å². The number of nitrogens with zero attached hydrogens (tertiary/aromatic N) is 1. The van der Waals surface area contributed by atoms with E-state index in [-0.39, 0.29) is 18.1 Å². The number of benzene rings is 1. The van der Waals surface area contributed by atoms with E-state index in [1.165, 1.54) is 6.42 Å². The number of ether oxygens (including phenoxy) is 2. The SMILES string of the molecule is CCCN1CCC(NC(=O)c2ccc(OCC3CCCO3)cc2)CC1. The maximum absolute atomic E-state index is 12.4. The first-order chi connectivity index (χ1) is 12.2. The molecule has 2 saturated heterocycles. The minimum absolute atomic E-state index is 0.0135. The normalized spacial score (nSPS) is 22.0. The fourth-order valence-corrected chi connectivity index (χ4v) is 3.55. The Morgan fingerprint density at radius 3 is 2.64 bits per heavy atom. The fourth-order valence-electron chi connectivity index (χ4n) is 3.55. The van der Waals surface area contributed by atoms with E-state index in [1.54, 1.807) is 0 Å². The van der Waals surface area contributed by atoms with Crippen LogP contribution in [0.15, 0.2) is 24.3 Å². The van der Waals surface area contributed by atoms with E-state index >= 15 is 0 Å². The summed E-state index contributed by atoms with van der Waals surface area (Å²) >= 11 is 0. The third kappa shape index (κ3) is 5.44. The third-order valence-corrected chi connectivity index (χ3v) is 5.04. The van der Waals surface area contributed by atoms with E-state index in [4.69, 9.17) is 9.47 Å². The van der Waals surface area contributed by atoms with Crippen LogP contribution in [-0.4, -0.2) is 55.8 Å². The van der Waals surface area contributed by atoms with Crippen molar-refractivity contribution in [2.75, 3.05) is 32.8 Å². The number of hydrogen-bond acceptors (Lipinski definition) is 4. The van der Waals surface area contributed by atoms with Gasteiger partial charge in [-0.2, -0.15) is 0 Å². The first-order valence-electron chi connectivity index (χ1n) is 9.62. The molecule has 2 fully saturated rings. The molecule has 0 spiro atoms. The molecule has 0 saturated carbocycles. The van der Waals surface area contributed by atoms with Crippen LogP contribution in [0.1, 0.15) is 49.4 Å². The first-order valence-corrected chi connectivity index (χ1v) is 9.62. The minimum atomic E-state index is 0.0135. The van der Waals surface area contributed by atoms with Crippen molar-refractivity contribution in [1.82, 2.24) is 10.2 Å². The number of carbonyl (C=O) groups excluding carboxylic acids is 1. The number of carbonyl (C=O) groups is 1. The lowest BCUT2D eigenvalue weighted by atomic mass is 10.0. The highest BCUT2D eigenvalue weighted by Gasteiger charge is 2.20. The molecular formula is C20H30N2O3. The maximum Gasteiger partial charge on any atom is 0.251 e. The molecule has 1 atom stereocenters. The summed E-state index contributed by atoms with van der Waals surface area (Å²) < 4.78 is 11.3. The summed E-state index contributed by atoms with van der Waals surface area (Å²) in [5.74, 6) is 0.805. The number of amides is 1. The Bertz CT molecular complexity index is 532. The van der Waals surface area contributed by atoms with Gasteiger partial charge in [-0.05, 0) is 62.9 Å². The molecule has 1 amide bonds. The number of piperidine rings is 1. The predicted molar refractivity (Wildman–Crippen MR) is 98.1 cm³/mol. The lowest BCUT2D eigenvalue weighted by molar-refractivity contribution is 0.0679.